The minimum absolute atomic E-state index is 0.0976. The van der Waals surface area contributed by atoms with Crippen molar-refractivity contribution in [2.75, 3.05) is 25.1 Å². The zero-order valence-electron chi connectivity index (χ0n) is 22.2. The number of benzene rings is 5. The number of ether oxygens (including phenoxy) is 2. The lowest BCUT2D eigenvalue weighted by molar-refractivity contribution is -0.119. The maximum Gasteiger partial charge on any atom is 0.264 e. The topological polar surface area (TPSA) is 97.3 Å². The number of nitrogens with zero attached hydrogens (tertiary/aromatic N) is 2. The lowest BCUT2D eigenvalue weighted by atomic mass is 9.97. The second-order valence-corrected chi connectivity index (χ2v) is 10.9. The van der Waals surface area contributed by atoms with Crippen LogP contribution in [-0.2, 0) is 14.8 Å². The molecular weight excluding hydrogens is 545 g/mol. The zero-order chi connectivity index (χ0) is 29.0. The van der Waals surface area contributed by atoms with Gasteiger partial charge in [0.25, 0.3) is 15.9 Å². The third-order valence-corrected chi connectivity index (χ3v) is 8.31. The van der Waals surface area contributed by atoms with Crippen molar-refractivity contribution in [1.29, 1.82) is 0 Å². The minimum Gasteiger partial charge on any atom is -0.493 e. The molecule has 5 aromatic carbocycles. The van der Waals surface area contributed by atoms with Crippen molar-refractivity contribution < 1.29 is 27.1 Å². The summed E-state index contributed by atoms with van der Waals surface area (Å²) in [5.74, 6) is -0.704. The number of hydrogen-bond donors (Lipinski definition) is 1. The van der Waals surface area contributed by atoms with Gasteiger partial charge < -0.3 is 9.47 Å². The Labute approximate surface area is 236 Å². The Kier molecular flexibility index (Phi) is 7.84. The van der Waals surface area contributed by atoms with E-state index in [1.165, 1.54) is 44.6 Å². The van der Waals surface area contributed by atoms with Gasteiger partial charge in [0.05, 0.1) is 31.0 Å². The number of sulfonamides is 1. The summed E-state index contributed by atoms with van der Waals surface area (Å²) in [6, 6.07) is 26.7. The van der Waals surface area contributed by atoms with Gasteiger partial charge in [-0.1, -0.05) is 48.5 Å². The number of rotatable bonds is 9. The summed E-state index contributed by atoms with van der Waals surface area (Å²) in [4.78, 5) is 12.9. The number of anilines is 1. The number of carbonyl (C=O) groups excluding carboxylic acids is 1. The Hall–Kier alpha value is -4.96. The highest BCUT2D eigenvalue weighted by Gasteiger charge is 2.28. The molecule has 0 bridgehead atoms. The summed E-state index contributed by atoms with van der Waals surface area (Å²) in [6.07, 6.45) is 1.55. The Balaban J connectivity index is 1.45. The van der Waals surface area contributed by atoms with Crippen LogP contribution in [0.5, 0.6) is 11.5 Å². The molecule has 0 unspecified atom stereocenters. The minimum atomic E-state index is -4.29. The Morgan fingerprint density at radius 2 is 1.46 bits per heavy atom. The van der Waals surface area contributed by atoms with Gasteiger partial charge >= 0.3 is 0 Å². The van der Waals surface area contributed by atoms with E-state index in [2.05, 4.69) is 16.6 Å². The number of amides is 1. The van der Waals surface area contributed by atoms with E-state index in [0.29, 0.717) is 5.75 Å². The van der Waals surface area contributed by atoms with Crippen molar-refractivity contribution >= 4 is 49.4 Å². The van der Waals surface area contributed by atoms with E-state index in [4.69, 9.17) is 9.47 Å². The van der Waals surface area contributed by atoms with Crippen LogP contribution in [0.25, 0.3) is 21.5 Å². The highest BCUT2D eigenvalue weighted by Crippen LogP contribution is 2.32. The highest BCUT2D eigenvalue weighted by atomic mass is 32.2. The standard InChI is InChI=1S/C31H26FN3O5S/c1-39-29-16-15-25(18-30(29)40-2)41(37,38)35(24-13-11-23(32)12-14-24)20-31(36)34-33-19-28-26-9-5-3-7-21(26)17-22-8-4-6-10-27(22)28/h3-19H,20H2,1-2H3,(H,34,36)/b33-19-. The molecule has 208 valence electrons. The molecule has 41 heavy (non-hydrogen) atoms. The molecule has 1 N–H and O–H groups in total. The lowest BCUT2D eigenvalue weighted by Crippen LogP contribution is -2.39. The molecule has 0 spiro atoms. The summed E-state index contributed by atoms with van der Waals surface area (Å²) in [7, 11) is -1.47. The van der Waals surface area contributed by atoms with Gasteiger partial charge in [-0.15, -0.1) is 0 Å². The molecule has 0 radical (unpaired) electrons. The number of fused-ring (bicyclic) bond motifs is 2. The van der Waals surface area contributed by atoms with Gasteiger partial charge in [0, 0.05) is 11.6 Å². The predicted octanol–water partition coefficient (Wildman–Crippen LogP) is 5.49. The average Bonchev–Trinajstić information content (AvgIpc) is 2.99. The van der Waals surface area contributed by atoms with E-state index in [1.807, 2.05) is 48.5 Å². The van der Waals surface area contributed by atoms with Gasteiger partial charge in [0.15, 0.2) is 11.5 Å². The molecular formula is C31H26FN3O5S. The summed E-state index contributed by atoms with van der Waals surface area (Å²) in [5.41, 5.74) is 3.35. The van der Waals surface area contributed by atoms with Crippen LogP contribution in [0.4, 0.5) is 10.1 Å². The Bertz CT molecular complexity index is 1820. The van der Waals surface area contributed by atoms with Crippen molar-refractivity contribution in [3.63, 3.8) is 0 Å². The SMILES string of the molecule is COc1ccc(S(=O)(=O)N(CC(=O)N/N=C\c2c3ccccc3cc3ccccc23)c2ccc(F)cc2)cc1OC. The van der Waals surface area contributed by atoms with Crippen molar-refractivity contribution in [1.82, 2.24) is 5.43 Å². The second kappa shape index (κ2) is 11.6. The second-order valence-electron chi connectivity index (χ2n) is 9.03. The molecule has 0 saturated heterocycles. The number of hydrazone groups is 1. The molecule has 0 fully saturated rings. The molecule has 0 aliphatic rings. The zero-order valence-corrected chi connectivity index (χ0v) is 23.1. The summed E-state index contributed by atoms with van der Waals surface area (Å²) in [6.45, 7) is -0.615. The van der Waals surface area contributed by atoms with Crippen molar-refractivity contribution in [3.05, 3.63) is 108 Å². The maximum atomic E-state index is 13.7. The molecule has 0 aliphatic heterocycles. The summed E-state index contributed by atoms with van der Waals surface area (Å²) >= 11 is 0. The van der Waals surface area contributed by atoms with Crippen molar-refractivity contribution in [2.45, 2.75) is 4.90 Å². The maximum absolute atomic E-state index is 13.7. The van der Waals surface area contributed by atoms with E-state index < -0.39 is 28.3 Å². The van der Waals surface area contributed by atoms with Gasteiger partial charge in [-0.05, 0) is 64.0 Å². The molecule has 5 rings (SSSR count). The molecule has 0 saturated carbocycles. The fourth-order valence-corrected chi connectivity index (χ4v) is 5.99. The lowest BCUT2D eigenvalue weighted by Gasteiger charge is -2.24. The van der Waals surface area contributed by atoms with E-state index in [1.54, 1.807) is 6.21 Å². The van der Waals surface area contributed by atoms with Crippen LogP contribution in [0.15, 0.2) is 107 Å². The van der Waals surface area contributed by atoms with E-state index >= 15 is 0 Å². The molecule has 5 aromatic rings. The first-order valence-electron chi connectivity index (χ1n) is 12.5. The molecule has 8 nitrogen and oxygen atoms in total. The van der Waals surface area contributed by atoms with Gasteiger partial charge in [0.1, 0.15) is 12.4 Å². The number of methoxy groups -OCH3 is 2. The van der Waals surface area contributed by atoms with Crippen LogP contribution < -0.4 is 19.2 Å². The molecule has 0 aromatic heterocycles. The number of hydrogen-bond acceptors (Lipinski definition) is 6. The van der Waals surface area contributed by atoms with Crippen LogP contribution in [-0.4, -0.2) is 41.3 Å². The number of carbonyl (C=O) groups is 1. The Morgan fingerprint density at radius 1 is 0.854 bits per heavy atom. The third-order valence-electron chi connectivity index (χ3n) is 6.54. The van der Waals surface area contributed by atoms with Crippen LogP contribution in [0.3, 0.4) is 0 Å². The van der Waals surface area contributed by atoms with E-state index in [-0.39, 0.29) is 16.3 Å². The highest BCUT2D eigenvalue weighted by molar-refractivity contribution is 7.92. The average molecular weight is 572 g/mol. The van der Waals surface area contributed by atoms with Crippen LogP contribution in [0, 0.1) is 5.82 Å². The Morgan fingerprint density at radius 3 is 2.07 bits per heavy atom. The van der Waals surface area contributed by atoms with Gasteiger partial charge in [-0.3, -0.25) is 9.10 Å². The first-order valence-corrected chi connectivity index (χ1v) is 14.0. The number of nitrogens with one attached hydrogen (secondary N) is 1. The quantitative estimate of drug-likeness (QED) is 0.143. The summed E-state index contributed by atoms with van der Waals surface area (Å²) < 4.78 is 52.5. The smallest absolute Gasteiger partial charge is 0.264 e. The molecule has 0 aliphatic carbocycles. The van der Waals surface area contributed by atoms with E-state index in [0.717, 1.165) is 43.5 Å². The first kappa shape index (κ1) is 27.6. The molecule has 0 heterocycles. The van der Waals surface area contributed by atoms with Crippen LogP contribution >= 0.6 is 0 Å². The van der Waals surface area contributed by atoms with Crippen molar-refractivity contribution in [2.24, 2.45) is 5.10 Å². The van der Waals surface area contributed by atoms with Gasteiger partial charge in [-0.25, -0.2) is 18.2 Å². The third kappa shape index (κ3) is 5.68. The normalized spacial score (nSPS) is 11.6. The number of halogens is 1. The van der Waals surface area contributed by atoms with Gasteiger partial charge in [-0.2, -0.15) is 5.10 Å². The predicted molar refractivity (Wildman–Crippen MR) is 158 cm³/mol. The van der Waals surface area contributed by atoms with Crippen LogP contribution in [0.2, 0.25) is 0 Å². The summed E-state index contributed by atoms with van der Waals surface area (Å²) in [5, 5.41) is 8.10. The fraction of sp³-hybridized carbons (Fsp3) is 0.0968. The molecule has 1 amide bonds. The molecule has 0 atom stereocenters. The monoisotopic (exact) mass is 571 g/mol. The van der Waals surface area contributed by atoms with Gasteiger partial charge in [0.2, 0.25) is 0 Å². The van der Waals surface area contributed by atoms with Crippen LogP contribution in [0.1, 0.15) is 5.56 Å². The first-order chi connectivity index (χ1) is 19.8. The largest absolute Gasteiger partial charge is 0.493 e. The van der Waals surface area contributed by atoms with Crippen molar-refractivity contribution in [3.8, 4) is 11.5 Å². The fourth-order valence-electron chi connectivity index (χ4n) is 4.55. The molecule has 10 heteroatoms. The van der Waals surface area contributed by atoms with E-state index in [9.17, 15) is 17.6 Å².